The Morgan fingerprint density at radius 3 is 2.47 bits per heavy atom. The van der Waals surface area contributed by atoms with Crippen molar-refractivity contribution >= 4 is 5.69 Å². The molecular weight excluding hydrogens is 205 g/mol. The van der Waals surface area contributed by atoms with Crippen molar-refractivity contribution < 1.29 is 13.2 Å². The van der Waals surface area contributed by atoms with Gasteiger partial charge in [-0.15, -0.1) is 0 Å². The average molecular weight is 218 g/mol. The number of aryl methyl sites for hydroxylation is 1. The van der Waals surface area contributed by atoms with Gasteiger partial charge in [0.05, 0.1) is 5.56 Å². The van der Waals surface area contributed by atoms with Crippen molar-refractivity contribution in [2.24, 2.45) is 5.73 Å². The summed E-state index contributed by atoms with van der Waals surface area (Å²) in [6.07, 6.45) is -4.28. The van der Waals surface area contributed by atoms with Crippen LogP contribution in [0.25, 0.3) is 0 Å². The molecule has 1 aromatic rings. The van der Waals surface area contributed by atoms with Gasteiger partial charge in [-0.3, -0.25) is 0 Å². The highest BCUT2D eigenvalue weighted by Gasteiger charge is 2.30. The van der Waals surface area contributed by atoms with E-state index in [1.54, 1.807) is 6.92 Å². The maximum absolute atomic E-state index is 12.3. The maximum atomic E-state index is 12.3. The van der Waals surface area contributed by atoms with Gasteiger partial charge < -0.3 is 11.1 Å². The van der Waals surface area contributed by atoms with Crippen LogP contribution in [0.3, 0.4) is 0 Å². The number of hydrogen-bond donors (Lipinski definition) is 2. The predicted octanol–water partition coefficient (Wildman–Crippen LogP) is 2.38. The van der Waals surface area contributed by atoms with Crippen molar-refractivity contribution in [3.05, 3.63) is 29.3 Å². The first-order valence-corrected chi connectivity index (χ1v) is 4.57. The molecule has 1 aromatic carbocycles. The second-order valence-corrected chi connectivity index (χ2v) is 3.24. The Morgan fingerprint density at radius 1 is 1.33 bits per heavy atom. The molecule has 0 heterocycles. The van der Waals surface area contributed by atoms with Crippen LogP contribution in [0.4, 0.5) is 18.9 Å². The predicted molar refractivity (Wildman–Crippen MR) is 53.7 cm³/mol. The molecule has 84 valence electrons. The zero-order valence-electron chi connectivity index (χ0n) is 8.36. The summed E-state index contributed by atoms with van der Waals surface area (Å²) >= 11 is 0. The lowest BCUT2D eigenvalue weighted by Crippen LogP contribution is -2.14. The number of nitrogens with one attached hydrogen (secondary N) is 1. The van der Waals surface area contributed by atoms with Crippen LogP contribution in [-0.4, -0.2) is 13.1 Å². The molecule has 1 rings (SSSR count). The average Bonchev–Trinajstić information content (AvgIpc) is 2.14. The van der Waals surface area contributed by atoms with E-state index in [4.69, 9.17) is 5.73 Å². The molecule has 0 bridgehead atoms. The van der Waals surface area contributed by atoms with Crippen molar-refractivity contribution in [3.63, 3.8) is 0 Å². The lowest BCUT2D eigenvalue weighted by molar-refractivity contribution is -0.137. The third kappa shape index (κ3) is 3.13. The van der Waals surface area contributed by atoms with Crippen LogP contribution in [0.2, 0.25) is 0 Å². The summed E-state index contributed by atoms with van der Waals surface area (Å²) in [7, 11) is 0. The van der Waals surface area contributed by atoms with Crippen LogP contribution >= 0.6 is 0 Å². The molecule has 0 spiro atoms. The third-order valence-corrected chi connectivity index (χ3v) is 2.01. The van der Waals surface area contributed by atoms with Gasteiger partial charge in [0.15, 0.2) is 0 Å². The lowest BCUT2D eigenvalue weighted by atomic mass is 10.1. The van der Waals surface area contributed by atoms with Crippen LogP contribution < -0.4 is 11.1 Å². The fourth-order valence-electron chi connectivity index (χ4n) is 1.25. The smallest absolute Gasteiger partial charge is 0.384 e. The molecule has 0 aliphatic rings. The van der Waals surface area contributed by atoms with Gasteiger partial charge in [-0.2, -0.15) is 13.2 Å². The number of rotatable bonds is 3. The van der Waals surface area contributed by atoms with Crippen molar-refractivity contribution in [2.75, 3.05) is 18.4 Å². The molecule has 0 saturated carbocycles. The minimum Gasteiger partial charge on any atom is -0.384 e. The number of benzene rings is 1. The fourth-order valence-corrected chi connectivity index (χ4v) is 1.25. The molecular formula is C10H13F3N2. The Hall–Kier alpha value is -1.23. The molecule has 0 aliphatic carbocycles. The van der Waals surface area contributed by atoms with E-state index in [0.29, 0.717) is 24.3 Å². The van der Waals surface area contributed by atoms with Crippen molar-refractivity contribution in [2.45, 2.75) is 13.1 Å². The van der Waals surface area contributed by atoms with Gasteiger partial charge in [-0.25, -0.2) is 0 Å². The molecule has 0 fully saturated rings. The highest BCUT2D eigenvalue weighted by Crippen LogP contribution is 2.31. The molecule has 2 nitrogen and oxygen atoms in total. The first-order valence-electron chi connectivity index (χ1n) is 4.57. The maximum Gasteiger partial charge on any atom is 0.416 e. The van der Waals surface area contributed by atoms with E-state index < -0.39 is 11.7 Å². The molecule has 0 unspecified atom stereocenters. The molecule has 3 N–H and O–H groups in total. The van der Waals surface area contributed by atoms with E-state index in [1.807, 2.05) is 0 Å². The number of halogens is 3. The number of alkyl halides is 3. The minimum atomic E-state index is -4.28. The summed E-state index contributed by atoms with van der Waals surface area (Å²) in [4.78, 5) is 0. The van der Waals surface area contributed by atoms with Crippen LogP contribution in [0, 0.1) is 6.92 Å². The van der Waals surface area contributed by atoms with Gasteiger partial charge in [0.2, 0.25) is 0 Å². The van der Waals surface area contributed by atoms with E-state index in [2.05, 4.69) is 5.32 Å². The second kappa shape index (κ2) is 4.53. The van der Waals surface area contributed by atoms with Gasteiger partial charge in [-0.1, -0.05) is 0 Å². The Labute approximate surface area is 86.3 Å². The summed E-state index contributed by atoms with van der Waals surface area (Å²) in [6.45, 7) is 2.63. The molecule has 0 saturated heterocycles. The summed E-state index contributed by atoms with van der Waals surface area (Å²) in [5, 5.41) is 2.95. The SMILES string of the molecule is Cc1cc(C(F)(F)F)ccc1NCCN. The third-order valence-electron chi connectivity index (χ3n) is 2.01. The largest absolute Gasteiger partial charge is 0.416 e. The minimum absolute atomic E-state index is 0.445. The monoisotopic (exact) mass is 218 g/mol. The highest BCUT2D eigenvalue weighted by molar-refractivity contribution is 5.52. The standard InChI is InChI=1S/C10H13F3N2/c1-7-6-8(10(11,12)13)2-3-9(7)15-5-4-14/h2-3,6,15H,4-5,14H2,1H3. The van der Waals surface area contributed by atoms with E-state index in [-0.39, 0.29) is 0 Å². The van der Waals surface area contributed by atoms with Gasteiger partial charge in [0.25, 0.3) is 0 Å². The van der Waals surface area contributed by atoms with Gasteiger partial charge >= 0.3 is 6.18 Å². The summed E-state index contributed by atoms with van der Waals surface area (Å²) in [5.74, 6) is 0. The molecule has 0 amide bonds. The lowest BCUT2D eigenvalue weighted by Gasteiger charge is -2.12. The Balaban J connectivity index is 2.88. The van der Waals surface area contributed by atoms with Crippen molar-refractivity contribution in [3.8, 4) is 0 Å². The van der Waals surface area contributed by atoms with Crippen molar-refractivity contribution in [1.82, 2.24) is 0 Å². The van der Waals surface area contributed by atoms with Crippen LogP contribution in [0.15, 0.2) is 18.2 Å². The molecule has 0 aliphatic heterocycles. The zero-order chi connectivity index (χ0) is 11.5. The number of anilines is 1. The van der Waals surface area contributed by atoms with Crippen molar-refractivity contribution in [1.29, 1.82) is 0 Å². The molecule has 0 radical (unpaired) electrons. The topological polar surface area (TPSA) is 38.0 Å². The quantitative estimate of drug-likeness (QED) is 0.817. The summed E-state index contributed by atoms with van der Waals surface area (Å²) < 4.78 is 36.9. The van der Waals surface area contributed by atoms with E-state index in [0.717, 1.165) is 12.1 Å². The molecule has 5 heteroatoms. The van der Waals surface area contributed by atoms with E-state index >= 15 is 0 Å². The fraction of sp³-hybridized carbons (Fsp3) is 0.400. The van der Waals surface area contributed by atoms with Gasteiger partial charge in [-0.05, 0) is 30.7 Å². The molecule has 15 heavy (non-hydrogen) atoms. The Kier molecular flexibility index (Phi) is 3.57. The Bertz CT molecular complexity index is 334. The number of hydrogen-bond acceptors (Lipinski definition) is 2. The highest BCUT2D eigenvalue weighted by atomic mass is 19.4. The van der Waals surface area contributed by atoms with E-state index in [9.17, 15) is 13.2 Å². The summed E-state index contributed by atoms with van der Waals surface area (Å²) in [5.41, 5.74) is 5.91. The zero-order valence-corrected chi connectivity index (χ0v) is 8.36. The van der Waals surface area contributed by atoms with Gasteiger partial charge in [0, 0.05) is 18.8 Å². The van der Waals surface area contributed by atoms with Crippen LogP contribution in [0.5, 0.6) is 0 Å². The second-order valence-electron chi connectivity index (χ2n) is 3.24. The number of nitrogens with two attached hydrogens (primary N) is 1. The van der Waals surface area contributed by atoms with E-state index in [1.165, 1.54) is 6.07 Å². The normalized spacial score (nSPS) is 11.5. The summed E-state index contributed by atoms with van der Waals surface area (Å²) in [6, 6.07) is 3.61. The first kappa shape index (κ1) is 11.8. The first-order chi connectivity index (χ1) is 6.95. The molecule has 0 atom stereocenters. The van der Waals surface area contributed by atoms with Crippen LogP contribution in [-0.2, 0) is 6.18 Å². The van der Waals surface area contributed by atoms with Gasteiger partial charge in [0.1, 0.15) is 0 Å². The molecule has 0 aromatic heterocycles. The Morgan fingerprint density at radius 2 is 2.00 bits per heavy atom. The van der Waals surface area contributed by atoms with Crippen LogP contribution in [0.1, 0.15) is 11.1 Å².